The molecule has 0 unspecified atom stereocenters. The third-order valence-electron chi connectivity index (χ3n) is 4.29. The smallest absolute Gasteiger partial charge is 0.262 e. The largest absolute Gasteiger partial charge is 0.467 e. The number of furan rings is 1. The van der Waals surface area contributed by atoms with Gasteiger partial charge in [-0.05, 0) is 55.0 Å². The molecule has 2 amide bonds. The molecular formula is C21H20FN3O5S. The van der Waals surface area contributed by atoms with E-state index < -0.39 is 27.7 Å². The van der Waals surface area contributed by atoms with Crippen LogP contribution in [0, 0.1) is 12.7 Å². The molecule has 31 heavy (non-hydrogen) atoms. The van der Waals surface area contributed by atoms with Gasteiger partial charge in [0.05, 0.1) is 35.5 Å². The average Bonchev–Trinajstić information content (AvgIpc) is 3.24. The summed E-state index contributed by atoms with van der Waals surface area (Å²) in [6, 6.07) is 12.6. The highest BCUT2D eigenvalue weighted by atomic mass is 32.2. The second-order valence-electron chi connectivity index (χ2n) is 6.60. The van der Waals surface area contributed by atoms with Crippen LogP contribution in [0.4, 0.5) is 10.1 Å². The van der Waals surface area contributed by atoms with Crippen molar-refractivity contribution in [1.29, 1.82) is 0 Å². The first-order valence-electron chi connectivity index (χ1n) is 9.21. The Kier molecular flexibility index (Phi) is 6.71. The van der Waals surface area contributed by atoms with Gasteiger partial charge in [0.25, 0.3) is 15.9 Å². The molecule has 1 heterocycles. The summed E-state index contributed by atoms with van der Waals surface area (Å²) >= 11 is 0. The van der Waals surface area contributed by atoms with E-state index in [4.69, 9.17) is 4.42 Å². The number of halogens is 1. The second-order valence-corrected chi connectivity index (χ2v) is 8.25. The molecule has 0 radical (unpaired) electrons. The summed E-state index contributed by atoms with van der Waals surface area (Å²) in [5.74, 6) is -1.07. The SMILES string of the molecule is Cc1cc(F)ccc1S(=O)(=O)Nc1ccccc1C(=O)NCC(=O)NCc1ccco1. The lowest BCUT2D eigenvalue weighted by molar-refractivity contribution is -0.120. The topological polar surface area (TPSA) is 118 Å². The van der Waals surface area contributed by atoms with Crippen LogP contribution in [-0.4, -0.2) is 26.8 Å². The molecule has 3 aromatic rings. The van der Waals surface area contributed by atoms with Crippen molar-refractivity contribution in [3.63, 3.8) is 0 Å². The van der Waals surface area contributed by atoms with Crippen molar-refractivity contribution in [3.8, 4) is 0 Å². The van der Waals surface area contributed by atoms with Crippen LogP contribution in [0.3, 0.4) is 0 Å². The number of sulfonamides is 1. The van der Waals surface area contributed by atoms with Crippen LogP contribution in [0.2, 0.25) is 0 Å². The number of amides is 2. The number of aryl methyl sites for hydroxylation is 1. The molecule has 0 atom stereocenters. The molecule has 0 fully saturated rings. The average molecular weight is 445 g/mol. The van der Waals surface area contributed by atoms with Crippen LogP contribution in [0.5, 0.6) is 0 Å². The van der Waals surface area contributed by atoms with Crippen molar-refractivity contribution in [2.45, 2.75) is 18.4 Å². The fraction of sp³-hybridized carbons (Fsp3) is 0.143. The first kappa shape index (κ1) is 22.0. The molecule has 10 heteroatoms. The predicted molar refractivity (Wildman–Crippen MR) is 111 cm³/mol. The van der Waals surface area contributed by atoms with Crippen LogP contribution in [0.25, 0.3) is 0 Å². The molecule has 0 saturated heterocycles. The first-order valence-corrected chi connectivity index (χ1v) is 10.7. The van der Waals surface area contributed by atoms with Gasteiger partial charge in [0.1, 0.15) is 11.6 Å². The van der Waals surface area contributed by atoms with E-state index in [1.165, 1.54) is 25.3 Å². The molecule has 3 N–H and O–H groups in total. The third kappa shape index (κ3) is 5.70. The fourth-order valence-corrected chi connectivity index (χ4v) is 4.11. The van der Waals surface area contributed by atoms with Crippen molar-refractivity contribution in [2.75, 3.05) is 11.3 Å². The highest BCUT2D eigenvalue weighted by molar-refractivity contribution is 7.92. The van der Waals surface area contributed by atoms with Crippen LogP contribution in [0.15, 0.2) is 70.2 Å². The van der Waals surface area contributed by atoms with Gasteiger partial charge in [-0.2, -0.15) is 0 Å². The molecule has 0 aliphatic rings. The van der Waals surface area contributed by atoms with Crippen molar-refractivity contribution < 1.29 is 26.8 Å². The van der Waals surface area contributed by atoms with E-state index in [-0.39, 0.29) is 34.8 Å². The Morgan fingerprint density at radius 2 is 1.81 bits per heavy atom. The van der Waals surface area contributed by atoms with Crippen molar-refractivity contribution in [1.82, 2.24) is 10.6 Å². The van der Waals surface area contributed by atoms with E-state index in [2.05, 4.69) is 15.4 Å². The molecule has 1 aromatic heterocycles. The lowest BCUT2D eigenvalue weighted by Crippen LogP contribution is -2.36. The lowest BCUT2D eigenvalue weighted by Gasteiger charge is -2.14. The summed E-state index contributed by atoms with van der Waals surface area (Å²) in [6.07, 6.45) is 1.48. The number of rotatable bonds is 8. The Hall–Kier alpha value is -3.66. The standard InChI is InChI=1S/C21H20FN3O5S/c1-14-11-15(22)8-9-19(14)31(28,29)25-18-7-3-2-6-17(18)21(27)24-13-20(26)23-12-16-5-4-10-30-16/h2-11,25H,12-13H2,1H3,(H,23,26)(H,24,27). The maximum absolute atomic E-state index is 13.3. The quantitative estimate of drug-likeness (QED) is 0.493. The van der Waals surface area contributed by atoms with Gasteiger partial charge < -0.3 is 15.1 Å². The van der Waals surface area contributed by atoms with Crippen LogP contribution < -0.4 is 15.4 Å². The Balaban J connectivity index is 1.68. The first-order chi connectivity index (χ1) is 14.8. The Labute approximate surface area is 178 Å². The molecule has 0 aliphatic heterocycles. The number of anilines is 1. The highest BCUT2D eigenvalue weighted by Crippen LogP contribution is 2.22. The molecular weight excluding hydrogens is 425 g/mol. The molecule has 2 aromatic carbocycles. The number of hydrogen-bond donors (Lipinski definition) is 3. The van der Waals surface area contributed by atoms with Crippen LogP contribution in [-0.2, 0) is 21.4 Å². The number of benzene rings is 2. The summed E-state index contributed by atoms with van der Waals surface area (Å²) in [5.41, 5.74) is 0.284. The number of carbonyl (C=O) groups is 2. The van der Waals surface area contributed by atoms with Crippen molar-refractivity contribution >= 4 is 27.5 Å². The van der Waals surface area contributed by atoms with Gasteiger partial charge >= 0.3 is 0 Å². The number of carbonyl (C=O) groups excluding carboxylic acids is 2. The Morgan fingerprint density at radius 3 is 2.52 bits per heavy atom. The van der Waals surface area contributed by atoms with E-state index in [0.717, 1.165) is 18.2 Å². The van der Waals surface area contributed by atoms with Crippen LogP contribution >= 0.6 is 0 Å². The number of nitrogens with one attached hydrogen (secondary N) is 3. The van der Waals surface area contributed by atoms with Crippen molar-refractivity contribution in [2.24, 2.45) is 0 Å². The Morgan fingerprint density at radius 1 is 1.03 bits per heavy atom. The fourth-order valence-electron chi connectivity index (χ4n) is 2.80. The van der Waals surface area contributed by atoms with E-state index >= 15 is 0 Å². The van der Waals surface area contributed by atoms with E-state index in [1.807, 2.05) is 0 Å². The second kappa shape index (κ2) is 9.43. The van der Waals surface area contributed by atoms with Gasteiger partial charge in [0.15, 0.2) is 0 Å². The minimum atomic E-state index is -4.07. The molecule has 0 aliphatic carbocycles. The minimum Gasteiger partial charge on any atom is -0.467 e. The van der Waals surface area contributed by atoms with Gasteiger partial charge in [0.2, 0.25) is 5.91 Å². The maximum Gasteiger partial charge on any atom is 0.262 e. The van der Waals surface area contributed by atoms with Gasteiger partial charge in [-0.1, -0.05) is 12.1 Å². The van der Waals surface area contributed by atoms with E-state index in [1.54, 1.807) is 24.3 Å². The number of hydrogen-bond acceptors (Lipinski definition) is 5. The Bertz CT molecular complexity index is 1190. The van der Waals surface area contributed by atoms with E-state index in [0.29, 0.717) is 5.76 Å². The zero-order chi connectivity index (χ0) is 22.4. The zero-order valence-corrected chi connectivity index (χ0v) is 17.3. The van der Waals surface area contributed by atoms with Gasteiger partial charge in [-0.3, -0.25) is 14.3 Å². The minimum absolute atomic E-state index is 0.0275. The summed E-state index contributed by atoms with van der Waals surface area (Å²) in [7, 11) is -4.07. The van der Waals surface area contributed by atoms with Crippen LogP contribution in [0.1, 0.15) is 21.7 Å². The van der Waals surface area contributed by atoms with Crippen molar-refractivity contribution in [3.05, 3.63) is 83.6 Å². The molecule has 0 spiro atoms. The highest BCUT2D eigenvalue weighted by Gasteiger charge is 2.21. The summed E-state index contributed by atoms with van der Waals surface area (Å²) in [4.78, 5) is 24.4. The van der Waals surface area contributed by atoms with E-state index in [9.17, 15) is 22.4 Å². The summed E-state index contributed by atoms with van der Waals surface area (Å²) < 4.78 is 46.2. The molecule has 0 saturated carbocycles. The summed E-state index contributed by atoms with van der Waals surface area (Å²) in [6.45, 7) is 1.34. The predicted octanol–water partition coefficient (Wildman–Crippen LogP) is 2.57. The summed E-state index contributed by atoms with van der Waals surface area (Å²) in [5, 5.41) is 5.04. The monoisotopic (exact) mass is 445 g/mol. The third-order valence-corrected chi connectivity index (χ3v) is 5.82. The number of para-hydroxylation sites is 1. The molecule has 162 valence electrons. The zero-order valence-electron chi connectivity index (χ0n) is 16.5. The lowest BCUT2D eigenvalue weighted by atomic mass is 10.1. The molecule has 8 nitrogen and oxygen atoms in total. The van der Waals surface area contributed by atoms with Gasteiger partial charge in [0, 0.05) is 0 Å². The van der Waals surface area contributed by atoms with Gasteiger partial charge in [-0.25, -0.2) is 12.8 Å². The molecule has 0 bridgehead atoms. The maximum atomic E-state index is 13.3. The van der Waals surface area contributed by atoms with Gasteiger partial charge in [-0.15, -0.1) is 0 Å². The molecule has 3 rings (SSSR count). The normalized spacial score (nSPS) is 11.0.